The van der Waals surface area contributed by atoms with E-state index in [9.17, 15) is 9.59 Å². The molecule has 1 atom stereocenters. The number of carbonyl (C=O) groups is 2. The summed E-state index contributed by atoms with van der Waals surface area (Å²) in [5.74, 6) is -0.188. The van der Waals surface area contributed by atoms with E-state index in [1.165, 1.54) is 0 Å². The molecular weight excluding hydrogens is 286 g/mol. The summed E-state index contributed by atoms with van der Waals surface area (Å²) >= 11 is 0. The summed E-state index contributed by atoms with van der Waals surface area (Å²) in [5, 5.41) is 11.4. The Bertz CT molecular complexity index is 494. The Morgan fingerprint density at radius 2 is 2.09 bits per heavy atom. The molecule has 0 radical (unpaired) electrons. The van der Waals surface area contributed by atoms with Gasteiger partial charge in [0, 0.05) is 19.6 Å². The van der Waals surface area contributed by atoms with Gasteiger partial charge in [0.15, 0.2) is 0 Å². The Kier molecular flexibility index (Phi) is 6.21. The van der Waals surface area contributed by atoms with Crippen LogP contribution in [0.5, 0.6) is 5.75 Å². The number of hydrogen-bond acceptors (Lipinski definition) is 4. The minimum Gasteiger partial charge on any atom is -0.494 e. The number of benzene rings is 1. The minimum atomic E-state index is -0.819. The molecule has 1 amide bonds. The van der Waals surface area contributed by atoms with Crippen molar-refractivity contribution >= 4 is 11.9 Å². The highest BCUT2D eigenvalue weighted by Crippen LogP contribution is 2.14. The van der Waals surface area contributed by atoms with E-state index in [2.05, 4.69) is 5.32 Å². The van der Waals surface area contributed by atoms with Crippen LogP contribution in [0.4, 0.5) is 0 Å². The van der Waals surface area contributed by atoms with Crippen LogP contribution in [-0.4, -0.2) is 36.3 Å². The Hall–Kier alpha value is -2.08. The van der Waals surface area contributed by atoms with Crippen molar-refractivity contribution in [3.8, 4) is 5.75 Å². The average molecular weight is 307 g/mol. The summed E-state index contributed by atoms with van der Waals surface area (Å²) in [4.78, 5) is 22.2. The van der Waals surface area contributed by atoms with Gasteiger partial charge in [0.25, 0.3) is 0 Å². The first kappa shape index (κ1) is 16.3. The van der Waals surface area contributed by atoms with Gasteiger partial charge in [-0.25, -0.2) is 0 Å². The maximum Gasteiger partial charge on any atom is 0.303 e. The Morgan fingerprint density at radius 1 is 1.32 bits per heavy atom. The number of carboxylic acids is 1. The summed E-state index contributed by atoms with van der Waals surface area (Å²) in [6, 6.07) is 7.38. The molecule has 0 saturated carbocycles. The average Bonchev–Trinajstić information content (AvgIpc) is 3.04. The first-order valence-electron chi connectivity index (χ1n) is 7.48. The van der Waals surface area contributed by atoms with Crippen molar-refractivity contribution < 1.29 is 24.2 Å². The molecule has 6 nitrogen and oxygen atoms in total. The minimum absolute atomic E-state index is 0.0634. The highest BCUT2D eigenvalue weighted by Gasteiger charge is 2.22. The van der Waals surface area contributed by atoms with E-state index in [1.807, 2.05) is 24.3 Å². The van der Waals surface area contributed by atoms with Crippen molar-refractivity contribution in [3.05, 3.63) is 29.8 Å². The smallest absolute Gasteiger partial charge is 0.303 e. The predicted octanol–water partition coefficient (Wildman–Crippen LogP) is 1.73. The summed E-state index contributed by atoms with van der Waals surface area (Å²) in [5.41, 5.74) is 0.976. The maximum atomic E-state index is 11.8. The Balaban J connectivity index is 1.69. The second kappa shape index (κ2) is 8.38. The lowest BCUT2D eigenvalue weighted by atomic mass is 10.2. The lowest BCUT2D eigenvalue weighted by Crippen LogP contribution is -2.33. The van der Waals surface area contributed by atoms with Crippen LogP contribution in [0.25, 0.3) is 0 Å². The second-order valence-electron chi connectivity index (χ2n) is 5.21. The molecule has 120 valence electrons. The van der Waals surface area contributed by atoms with Crippen LogP contribution in [0.2, 0.25) is 0 Å². The summed E-state index contributed by atoms with van der Waals surface area (Å²) < 4.78 is 10.8. The molecule has 0 aliphatic carbocycles. The SMILES string of the molecule is O=C(O)CCCOc1ccc(CNC(=O)[C@@H]2CCCO2)cc1. The summed E-state index contributed by atoms with van der Waals surface area (Å²) in [6.07, 6.45) is 2.00. The van der Waals surface area contributed by atoms with Crippen LogP contribution in [0.15, 0.2) is 24.3 Å². The molecule has 1 heterocycles. The van der Waals surface area contributed by atoms with Crippen molar-refractivity contribution in [2.45, 2.75) is 38.3 Å². The van der Waals surface area contributed by atoms with E-state index < -0.39 is 5.97 Å². The van der Waals surface area contributed by atoms with Gasteiger partial charge in [-0.05, 0) is 37.0 Å². The fourth-order valence-corrected chi connectivity index (χ4v) is 2.20. The number of amides is 1. The zero-order valence-corrected chi connectivity index (χ0v) is 12.4. The number of carbonyl (C=O) groups excluding carboxylic acids is 1. The van der Waals surface area contributed by atoms with Gasteiger partial charge in [0.1, 0.15) is 11.9 Å². The number of nitrogens with one attached hydrogen (secondary N) is 1. The molecular formula is C16H21NO5. The van der Waals surface area contributed by atoms with Gasteiger partial charge in [0.2, 0.25) is 5.91 Å². The number of carboxylic acid groups (broad SMARTS) is 1. The topological polar surface area (TPSA) is 84.9 Å². The van der Waals surface area contributed by atoms with Crippen molar-refractivity contribution in [2.75, 3.05) is 13.2 Å². The fraction of sp³-hybridized carbons (Fsp3) is 0.500. The highest BCUT2D eigenvalue weighted by atomic mass is 16.5. The third kappa shape index (κ3) is 5.37. The second-order valence-corrected chi connectivity index (χ2v) is 5.21. The molecule has 2 N–H and O–H groups in total. The summed E-state index contributed by atoms with van der Waals surface area (Å²) in [7, 11) is 0. The molecule has 0 bridgehead atoms. The lowest BCUT2D eigenvalue weighted by Gasteiger charge is -2.11. The summed E-state index contributed by atoms with van der Waals surface area (Å²) in [6.45, 7) is 1.49. The van der Waals surface area contributed by atoms with Gasteiger partial charge in [-0.3, -0.25) is 9.59 Å². The van der Waals surface area contributed by atoms with Crippen LogP contribution in [0.1, 0.15) is 31.2 Å². The van der Waals surface area contributed by atoms with Crippen LogP contribution >= 0.6 is 0 Å². The van der Waals surface area contributed by atoms with E-state index >= 15 is 0 Å². The van der Waals surface area contributed by atoms with Crippen molar-refractivity contribution in [3.63, 3.8) is 0 Å². The number of ether oxygens (including phenoxy) is 2. The molecule has 22 heavy (non-hydrogen) atoms. The lowest BCUT2D eigenvalue weighted by molar-refractivity contribution is -0.137. The van der Waals surface area contributed by atoms with Gasteiger partial charge in [-0.2, -0.15) is 0 Å². The van der Waals surface area contributed by atoms with Crippen LogP contribution in [0, 0.1) is 0 Å². The molecule has 0 aromatic heterocycles. The number of aliphatic carboxylic acids is 1. The largest absolute Gasteiger partial charge is 0.494 e. The molecule has 1 aromatic carbocycles. The van der Waals surface area contributed by atoms with Gasteiger partial charge >= 0.3 is 5.97 Å². The van der Waals surface area contributed by atoms with E-state index in [0.29, 0.717) is 31.9 Å². The third-order valence-electron chi connectivity index (χ3n) is 3.42. The molecule has 0 spiro atoms. The third-order valence-corrected chi connectivity index (χ3v) is 3.42. The first-order valence-corrected chi connectivity index (χ1v) is 7.48. The van der Waals surface area contributed by atoms with Crippen molar-refractivity contribution in [2.24, 2.45) is 0 Å². The standard InChI is InChI=1S/C16H21NO5/c18-15(19)4-2-9-21-13-7-5-12(6-8-13)11-17-16(20)14-3-1-10-22-14/h5-8,14H,1-4,9-11H2,(H,17,20)(H,18,19)/t14-/m0/s1. The molecule has 1 fully saturated rings. The van der Waals surface area contributed by atoms with Crippen LogP contribution in [0.3, 0.4) is 0 Å². The highest BCUT2D eigenvalue weighted by molar-refractivity contribution is 5.80. The molecule has 1 aliphatic heterocycles. The molecule has 6 heteroatoms. The van der Waals surface area contributed by atoms with E-state index in [0.717, 1.165) is 18.4 Å². The van der Waals surface area contributed by atoms with Crippen molar-refractivity contribution in [1.82, 2.24) is 5.32 Å². The normalized spacial score (nSPS) is 17.2. The molecule has 1 aliphatic rings. The quantitative estimate of drug-likeness (QED) is 0.714. The number of hydrogen-bond donors (Lipinski definition) is 2. The predicted molar refractivity (Wildman–Crippen MR) is 79.6 cm³/mol. The Morgan fingerprint density at radius 3 is 2.73 bits per heavy atom. The zero-order valence-electron chi connectivity index (χ0n) is 12.4. The van der Waals surface area contributed by atoms with E-state index in [4.69, 9.17) is 14.6 Å². The maximum absolute atomic E-state index is 11.8. The Labute approximate surface area is 129 Å². The zero-order chi connectivity index (χ0) is 15.8. The van der Waals surface area contributed by atoms with E-state index in [1.54, 1.807) is 0 Å². The monoisotopic (exact) mass is 307 g/mol. The first-order chi connectivity index (χ1) is 10.6. The van der Waals surface area contributed by atoms with Gasteiger partial charge in [0.05, 0.1) is 6.61 Å². The molecule has 0 unspecified atom stereocenters. The fourth-order valence-electron chi connectivity index (χ4n) is 2.20. The number of rotatable bonds is 8. The van der Waals surface area contributed by atoms with Gasteiger partial charge in [-0.1, -0.05) is 12.1 Å². The molecule has 2 rings (SSSR count). The molecule has 1 aromatic rings. The van der Waals surface area contributed by atoms with Gasteiger partial charge in [-0.15, -0.1) is 0 Å². The van der Waals surface area contributed by atoms with Gasteiger partial charge < -0.3 is 19.9 Å². The molecule has 1 saturated heterocycles. The van der Waals surface area contributed by atoms with Crippen LogP contribution in [-0.2, 0) is 20.9 Å². The van der Waals surface area contributed by atoms with Crippen LogP contribution < -0.4 is 10.1 Å². The van der Waals surface area contributed by atoms with E-state index in [-0.39, 0.29) is 18.4 Å². The van der Waals surface area contributed by atoms with Crippen molar-refractivity contribution in [1.29, 1.82) is 0 Å².